The molecule has 0 aliphatic carbocycles. The van der Waals surface area contributed by atoms with E-state index in [-0.39, 0.29) is 11.5 Å². The third kappa shape index (κ3) is 4.43. The van der Waals surface area contributed by atoms with Gasteiger partial charge in [-0.25, -0.2) is 0 Å². The van der Waals surface area contributed by atoms with Crippen molar-refractivity contribution in [2.24, 2.45) is 5.41 Å². The molecule has 0 amide bonds. The summed E-state index contributed by atoms with van der Waals surface area (Å²) >= 11 is 0. The fourth-order valence-corrected chi connectivity index (χ4v) is 1.09. The van der Waals surface area contributed by atoms with Crippen LogP contribution in [-0.4, -0.2) is 11.2 Å². The minimum Gasteiger partial charge on any atom is -0.393 e. The van der Waals surface area contributed by atoms with Crippen LogP contribution in [-0.2, 0) is 0 Å². The molecule has 80 valence electrons. The maximum Gasteiger partial charge on any atom is 0.0603 e. The largest absolute Gasteiger partial charge is 0.393 e. The van der Waals surface area contributed by atoms with Crippen LogP contribution < -0.4 is 0 Å². The second kappa shape index (κ2) is 5.82. The maximum atomic E-state index is 9.70. The van der Waals surface area contributed by atoms with Crippen LogP contribution in [0.1, 0.15) is 34.1 Å². The molecule has 0 spiro atoms. The molecule has 0 saturated heterocycles. The quantitative estimate of drug-likeness (QED) is 0.525. The monoisotopic (exact) mass is 194 g/mol. The number of aliphatic hydroxyl groups is 1. The highest BCUT2D eigenvalue weighted by molar-refractivity contribution is 5.10. The first kappa shape index (κ1) is 13.2. The maximum absolute atomic E-state index is 9.70. The molecule has 0 rings (SSSR count). The summed E-state index contributed by atoms with van der Waals surface area (Å²) in [7, 11) is 0. The normalized spacial score (nSPS) is 17.5. The topological polar surface area (TPSA) is 20.2 Å². The van der Waals surface area contributed by atoms with E-state index in [0.717, 1.165) is 6.42 Å². The third-order valence-corrected chi connectivity index (χ3v) is 2.52. The van der Waals surface area contributed by atoms with Crippen LogP contribution in [0.4, 0.5) is 0 Å². The average molecular weight is 194 g/mol. The van der Waals surface area contributed by atoms with Gasteiger partial charge in [0.2, 0.25) is 0 Å². The first-order valence-electron chi connectivity index (χ1n) is 5.04. The lowest BCUT2D eigenvalue weighted by molar-refractivity contribution is 0.0889. The highest BCUT2D eigenvalue weighted by Crippen LogP contribution is 2.29. The van der Waals surface area contributed by atoms with Gasteiger partial charge in [0.1, 0.15) is 0 Å². The Bertz CT molecular complexity index is 232. The second-order valence-corrected chi connectivity index (χ2v) is 4.26. The van der Waals surface area contributed by atoms with Crippen LogP contribution in [0.3, 0.4) is 0 Å². The van der Waals surface area contributed by atoms with Crippen LogP contribution in [0.25, 0.3) is 0 Å². The SMILES string of the molecule is C=C/C=C/C(C)(CC=C(C)C)C(C)O. The molecule has 1 heteroatoms. The van der Waals surface area contributed by atoms with Gasteiger partial charge in [0.05, 0.1) is 6.10 Å². The molecule has 0 aromatic rings. The number of allylic oxidation sites excluding steroid dienone is 4. The third-order valence-electron chi connectivity index (χ3n) is 2.52. The van der Waals surface area contributed by atoms with Gasteiger partial charge in [0.25, 0.3) is 0 Å². The standard InChI is InChI=1S/C13H22O/c1-6-7-9-13(5,12(4)14)10-8-11(2)3/h6-9,12,14H,1,10H2,2-5H3/b9-7+. The van der Waals surface area contributed by atoms with Crippen molar-refractivity contribution in [2.45, 2.75) is 40.2 Å². The van der Waals surface area contributed by atoms with Gasteiger partial charge in [-0.15, -0.1) is 0 Å². The summed E-state index contributed by atoms with van der Waals surface area (Å²) in [5.74, 6) is 0. The Balaban J connectivity index is 4.63. The lowest BCUT2D eigenvalue weighted by atomic mass is 9.81. The summed E-state index contributed by atoms with van der Waals surface area (Å²) in [5.41, 5.74) is 1.09. The Kier molecular flexibility index (Phi) is 5.47. The van der Waals surface area contributed by atoms with Crippen molar-refractivity contribution in [2.75, 3.05) is 0 Å². The molecule has 1 nitrogen and oxygen atoms in total. The first-order chi connectivity index (χ1) is 6.42. The summed E-state index contributed by atoms with van der Waals surface area (Å²) in [6.07, 6.45) is 8.31. The van der Waals surface area contributed by atoms with Crippen LogP contribution >= 0.6 is 0 Å². The van der Waals surface area contributed by atoms with E-state index in [9.17, 15) is 5.11 Å². The van der Waals surface area contributed by atoms with Crippen LogP contribution in [0, 0.1) is 5.41 Å². The summed E-state index contributed by atoms with van der Waals surface area (Å²) in [6, 6.07) is 0. The van der Waals surface area contributed by atoms with Crippen molar-refractivity contribution in [1.82, 2.24) is 0 Å². The van der Waals surface area contributed by atoms with Gasteiger partial charge in [-0.3, -0.25) is 0 Å². The zero-order valence-corrected chi connectivity index (χ0v) is 9.75. The summed E-state index contributed by atoms with van der Waals surface area (Å²) < 4.78 is 0. The first-order valence-corrected chi connectivity index (χ1v) is 5.04. The Hall–Kier alpha value is -0.820. The lowest BCUT2D eigenvalue weighted by Crippen LogP contribution is -2.27. The van der Waals surface area contributed by atoms with Crippen molar-refractivity contribution in [3.63, 3.8) is 0 Å². The van der Waals surface area contributed by atoms with E-state index in [2.05, 4.69) is 33.4 Å². The fourth-order valence-electron chi connectivity index (χ4n) is 1.09. The molecule has 0 aliphatic rings. The molecule has 0 radical (unpaired) electrons. The average Bonchev–Trinajstić information content (AvgIpc) is 2.11. The van der Waals surface area contributed by atoms with E-state index in [1.54, 1.807) is 6.08 Å². The predicted octanol–water partition coefficient (Wildman–Crippen LogP) is 3.47. The molecule has 0 aromatic carbocycles. The van der Waals surface area contributed by atoms with E-state index in [1.807, 2.05) is 19.1 Å². The molecule has 0 saturated carbocycles. The summed E-state index contributed by atoms with van der Waals surface area (Å²) in [6.45, 7) is 11.7. The minimum absolute atomic E-state index is 0.189. The van der Waals surface area contributed by atoms with E-state index in [0.29, 0.717) is 0 Å². The lowest BCUT2D eigenvalue weighted by Gasteiger charge is -2.28. The molecule has 14 heavy (non-hydrogen) atoms. The van der Waals surface area contributed by atoms with Crippen molar-refractivity contribution in [3.05, 3.63) is 36.5 Å². The molecule has 0 bridgehead atoms. The molecule has 1 N–H and O–H groups in total. The molecule has 0 aromatic heterocycles. The van der Waals surface area contributed by atoms with E-state index < -0.39 is 0 Å². The Morgan fingerprint density at radius 2 is 2.07 bits per heavy atom. The van der Waals surface area contributed by atoms with Crippen LogP contribution in [0.5, 0.6) is 0 Å². The second-order valence-electron chi connectivity index (χ2n) is 4.26. The van der Waals surface area contributed by atoms with Crippen molar-refractivity contribution < 1.29 is 5.11 Å². The van der Waals surface area contributed by atoms with Crippen molar-refractivity contribution in [3.8, 4) is 0 Å². The van der Waals surface area contributed by atoms with E-state index in [1.165, 1.54) is 5.57 Å². The predicted molar refractivity (Wildman–Crippen MR) is 63.2 cm³/mol. The van der Waals surface area contributed by atoms with Gasteiger partial charge in [-0.2, -0.15) is 0 Å². The number of hydrogen-bond acceptors (Lipinski definition) is 1. The molecule has 2 unspecified atom stereocenters. The van der Waals surface area contributed by atoms with Crippen molar-refractivity contribution in [1.29, 1.82) is 0 Å². The van der Waals surface area contributed by atoms with Gasteiger partial charge < -0.3 is 5.11 Å². The fraction of sp³-hybridized carbons (Fsp3) is 0.538. The molecular weight excluding hydrogens is 172 g/mol. The van der Waals surface area contributed by atoms with E-state index in [4.69, 9.17) is 0 Å². The highest BCUT2D eigenvalue weighted by Gasteiger charge is 2.25. The Morgan fingerprint density at radius 3 is 2.43 bits per heavy atom. The van der Waals surface area contributed by atoms with E-state index >= 15 is 0 Å². The zero-order chi connectivity index (χ0) is 11.2. The number of rotatable bonds is 5. The van der Waals surface area contributed by atoms with Gasteiger partial charge in [-0.1, -0.05) is 43.4 Å². The van der Waals surface area contributed by atoms with Crippen molar-refractivity contribution >= 4 is 0 Å². The molecule has 0 heterocycles. The van der Waals surface area contributed by atoms with Gasteiger partial charge in [-0.05, 0) is 27.2 Å². The Labute approximate surface area is 87.8 Å². The van der Waals surface area contributed by atoms with Crippen LogP contribution in [0.15, 0.2) is 36.5 Å². The Morgan fingerprint density at radius 1 is 1.50 bits per heavy atom. The highest BCUT2D eigenvalue weighted by atomic mass is 16.3. The number of hydrogen-bond donors (Lipinski definition) is 1. The molecule has 0 aliphatic heterocycles. The molecule has 0 fully saturated rings. The van der Waals surface area contributed by atoms with Gasteiger partial charge >= 0.3 is 0 Å². The van der Waals surface area contributed by atoms with Crippen LogP contribution in [0.2, 0.25) is 0 Å². The smallest absolute Gasteiger partial charge is 0.0603 e. The minimum atomic E-state index is -0.353. The van der Waals surface area contributed by atoms with Gasteiger partial charge in [0.15, 0.2) is 0 Å². The molecular formula is C13H22O. The number of aliphatic hydroxyl groups excluding tert-OH is 1. The summed E-state index contributed by atoms with van der Waals surface area (Å²) in [5, 5.41) is 9.70. The molecule has 2 atom stereocenters. The summed E-state index contributed by atoms with van der Waals surface area (Å²) in [4.78, 5) is 0. The van der Waals surface area contributed by atoms with Gasteiger partial charge in [0, 0.05) is 5.41 Å². The zero-order valence-electron chi connectivity index (χ0n) is 9.75.